The van der Waals surface area contributed by atoms with Gasteiger partial charge in [0.15, 0.2) is 0 Å². The molecule has 0 aliphatic rings. The Hall–Kier alpha value is -2.72. The van der Waals surface area contributed by atoms with Crippen molar-refractivity contribution in [2.24, 2.45) is 0 Å². The first kappa shape index (κ1) is 25.9. The quantitative estimate of drug-likeness (QED) is 0.331. The van der Waals surface area contributed by atoms with Crippen LogP contribution in [0.2, 0.25) is 0 Å². The highest BCUT2D eigenvalue weighted by Gasteiger charge is 2.24. The van der Waals surface area contributed by atoms with Gasteiger partial charge in [-0.05, 0) is 34.1 Å². The summed E-state index contributed by atoms with van der Waals surface area (Å²) in [4.78, 5) is 23.3. The molecule has 0 fully saturated rings. The number of amides is 1. The van der Waals surface area contributed by atoms with E-state index in [1.54, 1.807) is 0 Å². The molecule has 3 rings (SSSR count). The molecule has 0 radical (unpaired) electrons. The van der Waals surface area contributed by atoms with Gasteiger partial charge in [-0.3, -0.25) is 9.36 Å². The summed E-state index contributed by atoms with van der Waals surface area (Å²) in [5.41, 5.74) is 5.02. The summed E-state index contributed by atoms with van der Waals surface area (Å²) in [5, 5.41) is 3.07. The Morgan fingerprint density at radius 3 is 1.71 bits per heavy atom. The number of para-hydroxylation sites is 1. The highest BCUT2D eigenvalue weighted by molar-refractivity contribution is 7.35. The van der Waals surface area contributed by atoms with Crippen LogP contribution in [0.4, 0.5) is 5.69 Å². The van der Waals surface area contributed by atoms with Gasteiger partial charge in [-0.25, -0.2) is 4.67 Å². The van der Waals surface area contributed by atoms with E-state index in [4.69, 9.17) is 0 Å². The fraction of sp³-hybridized carbons (Fsp3) is 0.321. The minimum absolute atomic E-state index is 0.134. The Morgan fingerprint density at radius 1 is 0.824 bits per heavy atom. The first-order valence-electron chi connectivity index (χ1n) is 11.8. The van der Waals surface area contributed by atoms with Crippen molar-refractivity contribution in [3.8, 4) is 0 Å². The topological polar surface area (TPSA) is 69.6 Å². The van der Waals surface area contributed by atoms with E-state index >= 15 is 0 Å². The van der Waals surface area contributed by atoms with Gasteiger partial charge in [-0.15, -0.1) is 0 Å². The summed E-state index contributed by atoms with van der Waals surface area (Å²) >= 11 is 0. The van der Waals surface area contributed by atoms with Crippen LogP contribution in [0.5, 0.6) is 0 Å². The molecule has 0 heterocycles. The van der Waals surface area contributed by atoms with Gasteiger partial charge in [-0.2, -0.15) is 0 Å². The third-order valence-electron chi connectivity index (χ3n) is 6.05. The fourth-order valence-corrected chi connectivity index (χ4v) is 4.87. The van der Waals surface area contributed by atoms with Gasteiger partial charge in [0.25, 0.3) is 8.18 Å². The second-order valence-corrected chi connectivity index (χ2v) is 10.4. The van der Waals surface area contributed by atoms with E-state index in [0.717, 1.165) is 27.9 Å². The molecule has 34 heavy (non-hydrogen) atoms. The van der Waals surface area contributed by atoms with Crippen LogP contribution in [0.25, 0.3) is 0 Å². The molecular weight excluding hydrogens is 443 g/mol. The van der Waals surface area contributed by atoms with E-state index in [1.165, 1.54) is 4.67 Å². The molecule has 0 saturated carbocycles. The molecule has 3 aromatic rings. The molecule has 6 heteroatoms. The first-order valence-corrected chi connectivity index (χ1v) is 13.1. The maximum atomic E-state index is 13.1. The second kappa shape index (κ2) is 12.1. The van der Waals surface area contributed by atoms with Gasteiger partial charge in [0.2, 0.25) is 5.91 Å². The number of rotatable bonds is 10. The molecule has 0 saturated heterocycles. The van der Waals surface area contributed by atoms with Crippen LogP contribution in [0.15, 0.2) is 78.9 Å². The van der Waals surface area contributed by atoms with Crippen molar-refractivity contribution in [2.45, 2.75) is 45.4 Å². The zero-order valence-electron chi connectivity index (χ0n) is 20.4. The average Bonchev–Trinajstić information content (AvgIpc) is 2.82. The molecule has 1 unspecified atom stereocenters. The number of benzene rings is 3. The Kier molecular flexibility index (Phi) is 9.23. The van der Waals surface area contributed by atoms with Crippen LogP contribution in [-0.4, -0.2) is 28.6 Å². The number of nitrogens with one attached hydrogen (secondary N) is 1. The van der Waals surface area contributed by atoms with Gasteiger partial charge in [0.05, 0.1) is 6.54 Å². The minimum Gasteiger partial charge on any atom is -0.335 e. The minimum atomic E-state index is -3.10. The number of anilines is 1. The van der Waals surface area contributed by atoms with Gasteiger partial charge in [0, 0.05) is 18.2 Å². The Labute approximate surface area is 203 Å². The number of carbonyl (C=O) groups excluding carboxylic acids is 1. The SMILES string of the molecule is CC(C)c1cccc(C(C)C)c1NC(=O)CN(CC(c1ccccc1)c1ccccc1)[PH](=O)O. The Bertz CT molecular complexity index is 1040. The van der Waals surface area contributed by atoms with Gasteiger partial charge in [-0.1, -0.05) is 107 Å². The molecule has 0 bridgehead atoms. The molecule has 0 aromatic heterocycles. The molecule has 2 N–H and O–H groups in total. The summed E-state index contributed by atoms with van der Waals surface area (Å²) in [7, 11) is -3.10. The van der Waals surface area contributed by atoms with Crippen molar-refractivity contribution in [3.63, 3.8) is 0 Å². The molecule has 5 nitrogen and oxygen atoms in total. The summed E-state index contributed by atoms with van der Waals surface area (Å²) in [6.45, 7) is 8.49. The van der Waals surface area contributed by atoms with E-state index in [0.29, 0.717) is 0 Å². The number of carbonyl (C=O) groups is 1. The number of hydrogen-bond donors (Lipinski definition) is 2. The summed E-state index contributed by atoms with van der Waals surface area (Å²) in [6.07, 6.45) is 0. The molecular formula is C28H35N2O3P. The van der Waals surface area contributed by atoms with Crippen molar-refractivity contribution < 1.29 is 14.3 Å². The molecule has 1 atom stereocenters. The molecule has 0 aliphatic carbocycles. The van der Waals surface area contributed by atoms with Crippen molar-refractivity contribution in [1.82, 2.24) is 4.67 Å². The number of nitrogens with zero attached hydrogens (tertiary/aromatic N) is 1. The van der Waals surface area contributed by atoms with E-state index in [2.05, 4.69) is 33.0 Å². The monoisotopic (exact) mass is 478 g/mol. The molecule has 0 spiro atoms. The lowest BCUT2D eigenvalue weighted by atomic mass is 9.91. The molecule has 0 aliphatic heterocycles. The zero-order chi connectivity index (χ0) is 24.7. The molecule has 180 valence electrons. The maximum absolute atomic E-state index is 13.1. The van der Waals surface area contributed by atoms with Crippen molar-refractivity contribution >= 4 is 19.8 Å². The number of hydrogen-bond acceptors (Lipinski definition) is 2. The van der Waals surface area contributed by atoms with Crippen molar-refractivity contribution in [2.75, 3.05) is 18.4 Å². The molecule has 3 aromatic carbocycles. The lowest BCUT2D eigenvalue weighted by Gasteiger charge is -2.26. The lowest BCUT2D eigenvalue weighted by molar-refractivity contribution is -0.116. The predicted molar refractivity (Wildman–Crippen MR) is 141 cm³/mol. The average molecular weight is 479 g/mol. The van der Waals surface area contributed by atoms with Crippen LogP contribution in [0.1, 0.15) is 67.7 Å². The second-order valence-electron chi connectivity index (χ2n) is 9.21. The standard InChI is InChI=1S/C28H35N2O3P/c1-20(2)24-16-11-17-25(21(3)4)28(24)29-27(31)19-30(34(32)33)18-26(22-12-7-5-8-13-22)23-14-9-6-10-15-23/h5-17,20-21,26,34H,18-19H2,1-4H3,(H,29,31)(H,32,33). The van der Waals surface area contributed by atoms with E-state index < -0.39 is 8.18 Å². The van der Waals surface area contributed by atoms with Gasteiger partial charge in [0.1, 0.15) is 0 Å². The first-order chi connectivity index (χ1) is 16.3. The summed E-state index contributed by atoms with van der Waals surface area (Å²) < 4.78 is 13.8. The third-order valence-corrected chi connectivity index (χ3v) is 6.93. The highest BCUT2D eigenvalue weighted by Crippen LogP contribution is 2.34. The normalized spacial score (nSPS) is 12.5. The highest BCUT2D eigenvalue weighted by atomic mass is 31.1. The van der Waals surface area contributed by atoms with Crippen LogP contribution >= 0.6 is 8.18 Å². The van der Waals surface area contributed by atoms with Gasteiger partial charge >= 0.3 is 0 Å². The van der Waals surface area contributed by atoms with Crippen LogP contribution in [0, 0.1) is 0 Å². The van der Waals surface area contributed by atoms with Crippen molar-refractivity contribution in [1.29, 1.82) is 0 Å². The largest absolute Gasteiger partial charge is 0.335 e. The van der Waals surface area contributed by atoms with E-state index in [9.17, 15) is 14.3 Å². The smallest absolute Gasteiger partial charge is 0.258 e. The Morgan fingerprint density at radius 2 is 1.29 bits per heavy atom. The van der Waals surface area contributed by atoms with Gasteiger partial charge < -0.3 is 10.2 Å². The molecule has 1 amide bonds. The summed E-state index contributed by atoms with van der Waals surface area (Å²) in [5.74, 6) is 0.0537. The van der Waals surface area contributed by atoms with E-state index in [1.807, 2.05) is 78.9 Å². The zero-order valence-corrected chi connectivity index (χ0v) is 21.4. The lowest BCUT2D eigenvalue weighted by Crippen LogP contribution is -2.32. The van der Waals surface area contributed by atoms with E-state index in [-0.39, 0.29) is 36.8 Å². The van der Waals surface area contributed by atoms with Crippen LogP contribution in [-0.2, 0) is 9.36 Å². The Balaban J connectivity index is 1.85. The van der Waals surface area contributed by atoms with Crippen LogP contribution < -0.4 is 5.32 Å². The fourth-order valence-electron chi connectivity index (χ4n) is 4.25. The predicted octanol–water partition coefficient (Wildman–Crippen LogP) is 6.39. The summed E-state index contributed by atoms with van der Waals surface area (Å²) in [6, 6.07) is 25.9. The third kappa shape index (κ3) is 6.66. The van der Waals surface area contributed by atoms with Crippen LogP contribution in [0.3, 0.4) is 0 Å². The maximum Gasteiger partial charge on any atom is 0.258 e. The van der Waals surface area contributed by atoms with Crippen molar-refractivity contribution in [3.05, 3.63) is 101 Å².